The summed E-state index contributed by atoms with van der Waals surface area (Å²) in [6, 6.07) is 10.7. The van der Waals surface area contributed by atoms with Gasteiger partial charge in [-0.1, -0.05) is 48.6 Å². The van der Waals surface area contributed by atoms with Crippen LogP contribution in [-0.2, 0) is 6.42 Å². The van der Waals surface area contributed by atoms with E-state index in [0.29, 0.717) is 0 Å². The van der Waals surface area contributed by atoms with Crippen molar-refractivity contribution < 1.29 is 0 Å². The summed E-state index contributed by atoms with van der Waals surface area (Å²) in [6.45, 7) is 0. The monoisotopic (exact) mass is 198 g/mol. The van der Waals surface area contributed by atoms with E-state index in [2.05, 4.69) is 48.6 Å². The van der Waals surface area contributed by atoms with Gasteiger partial charge < -0.3 is 0 Å². The summed E-state index contributed by atoms with van der Waals surface area (Å²) < 4.78 is 0. The fraction of sp³-hybridized carbons (Fsp3) is 0.333. The molecule has 0 nitrogen and oxygen atoms in total. The van der Waals surface area contributed by atoms with Crippen molar-refractivity contribution in [1.29, 1.82) is 0 Å². The Balaban J connectivity index is 2.04. The van der Waals surface area contributed by atoms with Crippen LogP contribution in [0.1, 0.15) is 31.2 Å². The summed E-state index contributed by atoms with van der Waals surface area (Å²) >= 11 is 0. The molecule has 78 valence electrons. The number of rotatable bonds is 2. The maximum atomic E-state index is 2.39. The zero-order valence-corrected chi connectivity index (χ0v) is 9.15. The first kappa shape index (κ1) is 10.2. The Morgan fingerprint density at radius 3 is 2.60 bits per heavy atom. The van der Waals surface area contributed by atoms with E-state index >= 15 is 0 Å². The van der Waals surface area contributed by atoms with E-state index in [0.717, 1.165) is 6.42 Å². The lowest BCUT2D eigenvalue weighted by Gasteiger charge is -2.06. The molecular formula is C15H18. The van der Waals surface area contributed by atoms with Crippen molar-refractivity contribution in [2.75, 3.05) is 0 Å². The third-order valence-electron chi connectivity index (χ3n) is 2.81. The van der Waals surface area contributed by atoms with Gasteiger partial charge in [0.15, 0.2) is 0 Å². The average Bonchev–Trinajstić information content (AvgIpc) is 2.23. The lowest BCUT2D eigenvalue weighted by atomic mass is 10.00. The normalized spacial score (nSPS) is 22.3. The van der Waals surface area contributed by atoms with Crippen molar-refractivity contribution in [2.24, 2.45) is 0 Å². The minimum atomic E-state index is 1.08. The van der Waals surface area contributed by atoms with Gasteiger partial charge in [0.25, 0.3) is 0 Å². The second-order valence-corrected chi connectivity index (χ2v) is 4.13. The summed E-state index contributed by atoms with van der Waals surface area (Å²) in [5, 5.41) is 0. The van der Waals surface area contributed by atoms with Crippen molar-refractivity contribution in [3.05, 3.63) is 59.7 Å². The van der Waals surface area contributed by atoms with E-state index < -0.39 is 0 Å². The molecule has 2 rings (SSSR count). The first-order valence-electron chi connectivity index (χ1n) is 5.84. The van der Waals surface area contributed by atoms with E-state index in [-0.39, 0.29) is 0 Å². The highest BCUT2D eigenvalue weighted by Gasteiger charge is 1.98. The van der Waals surface area contributed by atoms with Crippen LogP contribution >= 0.6 is 0 Å². The fourth-order valence-electron chi connectivity index (χ4n) is 1.96. The van der Waals surface area contributed by atoms with Gasteiger partial charge in [-0.15, -0.1) is 0 Å². The molecule has 15 heavy (non-hydrogen) atoms. The van der Waals surface area contributed by atoms with Crippen molar-refractivity contribution >= 4 is 0 Å². The largest absolute Gasteiger partial charge is 0.0843 e. The Kier molecular flexibility index (Phi) is 3.78. The van der Waals surface area contributed by atoms with Gasteiger partial charge in [-0.3, -0.25) is 0 Å². The van der Waals surface area contributed by atoms with Crippen LogP contribution in [0.4, 0.5) is 0 Å². The van der Waals surface area contributed by atoms with Gasteiger partial charge >= 0.3 is 0 Å². The van der Waals surface area contributed by atoms with Crippen molar-refractivity contribution in [2.45, 2.75) is 32.1 Å². The van der Waals surface area contributed by atoms with Gasteiger partial charge in [0.05, 0.1) is 0 Å². The zero-order chi connectivity index (χ0) is 10.3. The molecule has 1 aromatic carbocycles. The van der Waals surface area contributed by atoms with Crippen molar-refractivity contribution in [3.63, 3.8) is 0 Å². The number of hydrogen-bond acceptors (Lipinski definition) is 0. The highest BCUT2D eigenvalue weighted by atomic mass is 14.0. The van der Waals surface area contributed by atoms with Gasteiger partial charge in [-0.2, -0.15) is 0 Å². The van der Waals surface area contributed by atoms with Crippen LogP contribution in [0.5, 0.6) is 0 Å². The van der Waals surface area contributed by atoms with E-state index in [1.54, 1.807) is 0 Å². The number of benzene rings is 1. The fourth-order valence-corrected chi connectivity index (χ4v) is 1.96. The minimum absolute atomic E-state index is 1.08. The molecule has 0 spiro atoms. The molecule has 0 bridgehead atoms. The first-order chi connectivity index (χ1) is 7.45. The lowest BCUT2D eigenvalue weighted by Crippen LogP contribution is -1.90. The van der Waals surface area contributed by atoms with Gasteiger partial charge in [-0.25, -0.2) is 0 Å². The smallest absolute Gasteiger partial charge is 0.00290 e. The molecule has 0 saturated carbocycles. The summed E-state index contributed by atoms with van der Waals surface area (Å²) in [4.78, 5) is 0. The van der Waals surface area contributed by atoms with Crippen LogP contribution in [0.15, 0.2) is 54.1 Å². The van der Waals surface area contributed by atoms with E-state index in [1.165, 1.54) is 36.8 Å². The van der Waals surface area contributed by atoms with E-state index in [1.807, 2.05) is 0 Å². The Morgan fingerprint density at radius 2 is 1.73 bits per heavy atom. The van der Waals surface area contributed by atoms with E-state index in [4.69, 9.17) is 0 Å². The maximum Gasteiger partial charge on any atom is -0.00290 e. The molecule has 0 N–H and O–H groups in total. The second kappa shape index (κ2) is 5.55. The summed E-state index contributed by atoms with van der Waals surface area (Å²) in [5.74, 6) is 0. The molecule has 0 saturated heterocycles. The van der Waals surface area contributed by atoms with Crippen LogP contribution in [-0.4, -0.2) is 0 Å². The summed E-state index contributed by atoms with van der Waals surface area (Å²) in [7, 11) is 0. The van der Waals surface area contributed by atoms with Crippen LogP contribution in [0.25, 0.3) is 0 Å². The number of allylic oxidation sites excluding steroid dienone is 4. The number of hydrogen-bond donors (Lipinski definition) is 0. The average molecular weight is 198 g/mol. The molecule has 0 amide bonds. The Bertz CT molecular complexity index is 344. The molecule has 1 aromatic rings. The second-order valence-electron chi connectivity index (χ2n) is 4.13. The third-order valence-corrected chi connectivity index (χ3v) is 2.81. The molecule has 0 atom stereocenters. The molecule has 0 aliphatic heterocycles. The Hall–Kier alpha value is -1.30. The van der Waals surface area contributed by atoms with Crippen LogP contribution in [0.2, 0.25) is 0 Å². The molecule has 0 fully saturated rings. The summed E-state index contributed by atoms with van der Waals surface area (Å²) in [5.41, 5.74) is 2.88. The highest BCUT2D eigenvalue weighted by Crippen LogP contribution is 2.15. The Labute approximate surface area is 92.3 Å². The van der Waals surface area contributed by atoms with Gasteiger partial charge in [0, 0.05) is 0 Å². The quantitative estimate of drug-likeness (QED) is 0.665. The van der Waals surface area contributed by atoms with Crippen molar-refractivity contribution in [3.8, 4) is 0 Å². The topological polar surface area (TPSA) is 0 Å². The minimum Gasteiger partial charge on any atom is -0.0843 e. The van der Waals surface area contributed by atoms with E-state index in [9.17, 15) is 0 Å². The standard InChI is InChI=1S/C15H18/c1-2-5-9-14(10-6-3-1)13-15-11-7-4-8-12-15/h4-5,7-12H,1-3,6,13H2/b9-5-,14-10+. The summed E-state index contributed by atoms with van der Waals surface area (Å²) in [6.07, 6.45) is 13.2. The molecule has 1 aliphatic rings. The third kappa shape index (κ3) is 3.39. The molecule has 0 radical (unpaired) electrons. The molecule has 0 unspecified atom stereocenters. The van der Waals surface area contributed by atoms with Crippen LogP contribution in [0.3, 0.4) is 0 Å². The molecule has 0 heterocycles. The molecular weight excluding hydrogens is 180 g/mol. The van der Waals surface area contributed by atoms with Crippen LogP contribution < -0.4 is 0 Å². The van der Waals surface area contributed by atoms with Gasteiger partial charge in [-0.05, 0) is 43.2 Å². The first-order valence-corrected chi connectivity index (χ1v) is 5.84. The lowest BCUT2D eigenvalue weighted by molar-refractivity contribution is 0.753. The highest BCUT2D eigenvalue weighted by molar-refractivity contribution is 5.28. The molecule has 0 aromatic heterocycles. The Morgan fingerprint density at radius 1 is 0.933 bits per heavy atom. The predicted octanol–water partition coefficient (Wildman–Crippen LogP) is 4.29. The van der Waals surface area contributed by atoms with Crippen molar-refractivity contribution in [1.82, 2.24) is 0 Å². The predicted molar refractivity (Wildman–Crippen MR) is 65.8 cm³/mol. The molecule has 0 heteroatoms. The molecule has 1 aliphatic carbocycles. The maximum absolute atomic E-state index is 2.39. The van der Waals surface area contributed by atoms with Crippen LogP contribution in [0, 0.1) is 0 Å². The van der Waals surface area contributed by atoms with Gasteiger partial charge in [0.2, 0.25) is 0 Å². The van der Waals surface area contributed by atoms with Gasteiger partial charge in [0.1, 0.15) is 0 Å². The zero-order valence-electron chi connectivity index (χ0n) is 9.15. The SMILES string of the molecule is C1=C\C(Cc2ccccc2)=C/CCCC/1.